The summed E-state index contributed by atoms with van der Waals surface area (Å²) >= 11 is 0. The summed E-state index contributed by atoms with van der Waals surface area (Å²) in [4.78, 5) is 2.37. The zero-order valence-corrected chi connectivity index (χ0v) is 11.8. The van der Waals surface area contributed by atoms with Gasteiger partial charge in [0.05, 0.1) is 24.3 Å². The van der Waals surface area contributed by atoms with Gasteiger partial charge in [-0.2, -0.15) is 5.26 Å². The molecule has 0 spiro atoms. The van der Waals surface area contributed by atoms with E-state index in [9.17, 15) is 0 Å². The quantitative estimate of drug-likeness (QED) is 0.657. The third kappa shape index (κ3) is 5.37. The highest BCUT2D eigenvalue weighted by Gasteiger charge is 2.15. The number of unbranched alkanes of at least 4 members (excludes halogenated alkanes) is 1. The lowest BCUT2D eigenvalue weighted by Crippen LogP contribution is -2.24. The molecule has 0 aromatic carbocycles. The molecule has 1 heterocycles. The van der Waals surface area contributed by atoms with Gasteiger partial charge in [0.25, 0.3) is 0 Å². The second kappa shape index (κ2) is 7.23. The van der Waals surface area contributed by atoms with E-state index in [0.717, 1.165) is 44.7 Å². The van der Waals surface area contributed by atoms with Gasteiger partial charge in [-0.3, -0.25) is 4.90 Å². The first-order valence-electron chi connectivity index (χ1n) is 6.73. The van der Waals surface area contributed by atoms with Crippen LogP contribution in [-0.4, -0.2) is 18.0 Å². The fourth-order valence-electron chi connectivity index (χ4n) is 1.93. The van der Waals surface area contributed by atoms with Crippen LogP contribution in [0.4, 0.5) is 0 Å². The van der Waals surface area contributed by atoms with Crippen LogP contribution in [-0.2, 0) is 6.54 Å². The topological polar surface area (TPSA) is 40.2 Å². The SMILES string of the molecule is CCN(CCCCC(C)(C)C#N)Cc1ccco1. The van der Waals surface area contributed by atoms with Crippen LogP contribution in [0.15, 0.2) is 22.8 Å². The van der Waals surface area contributed by atoms with E-state index in [-0.39, 0.29) is 5.41 Å². The molecule has 0 N–H and O–H groups in total. The number of nitrogens with zero attached hydrogens (tertiary/aromatic N) is 2. The summed E-state index contributed by atoms with van der Waals surface area (Å²) in [5, 5.41) is 8.95. The first-order valence-corrected chi connectivity index (χ1v) is 6.73. The number of hydrogen-bond donors (Lipinski definition) is 0. The van der Waals surface area contributed by atoms with Gasteiger partial charge in [0.15, 0.2) is 0 Å². The molecule has 18 heavy (non-hydrogen) atoms. The maximum atomic E-state index is 8.95. The normalized spacial score (nSPS) is 11.7. The molecule has 3 nitrogen and oxygen atoms in total. The largest absolute Gasteiger partial charge is 0.468 e. The van der Waals surface area contributed by atoms with Crippen molar-refractivity contribution in [1.82, 2.24) is 4.90 Å². The molecule has 0 unspecified atom stereocenters. The van der Waals surface area contributed by atoms with Gasteiger partial charge in [-0.05, 0) is 51.9 Å². The first-order chi connectivity index (χ1) is 8.57. The molecule has 0 fully saturated rings. The van der Waals surface area contributed by atoms with E-state index in [2.05, 4.69) is 17.9 Å². The molecule has 0 aliphatic heterocycles. The third-order valence-corrected chi connectivity index (χ3v) is 3.24. The minimum atomic E-state index is -0.182. The smallest absolute Gasteiger partial charge is 0.117 e. The standard InChI is InChI=1S/C15H24N2O/c1-4-17(12-14-8-7-11-18-14)10-6-5-9-15(2,3)13-16/h7-8,11H,4-6,9-10,12H2,1-3H3. The Morgan fingerprint density at radius 2 is 2.17 bits per heavy atom. The fraction of sp³-hybridized carbons (Fsp3) is 0.667. The van der Waals surface area contributed by atoms with Crippen molar-refractivity contribution in [1.29, 1.82) is 5.26 Å². The Hall–Kier alpha value is -1.27. The summed E-state index contributed by atoms with van der Waals surface area (Å²) in [5.74, 6) is 1.02. The lowest BCUT2D eigenvalue weighted by Gasteiger charge is -2.20. The van der Waals surface area contributed by atoms with Gasteiger partial charge in [0, 0.05) is 0 Å². The summed E-state index contributed by atoms with van der Waals surface area (Å²) in [6, 6.07) is 6.30. The van der Waals surface area contributed by atoms with Crippen LogP contribution in [0.3, 0.4) is 0 Å². The molecule has 1 aromatic heterocycles. The van der Waals surface area contributed by atoms with E-state index in [1.54, 1.807) is 6.26 Å². The fourth-order valence-corrected chi connectivity index (χ4v) is 1.93. The zero-order valence-electron chi connectivity index (χ0n) is 11.8. The van der Waals surface area contributed by atoms with Crippen LogP contribution >= 0.6 is 0 Å². The van der Waals surface area contributed by atoms with E-state index in [1.165, 1.54) is 0 Å². The molecule has 0 amide bonds. The monoisotopic (exact) mass is 248 g/mol. The van der Waals surface area contributed by atoms with E-state index >= 15 is 0 Å². The average molecular weight is 248 g/mol. The van der Waals surface area contributed by atoms with Gasteiger partial charge in [0.1, 0.15) is 5.76 Å². The van der Waals surface area contributed by atoms with Crippen LogP contribution in [0.25, 0.3) is 0 Å². The van der Waals surface area contributed by atoms with E-state index in [1.807, 2.05) is 26.0 Å². The Morgan fingerprint density at radius 3 is 2.72 bits per heavy atom. The molecule has 0 aliphatic rings. The molecule has 0 bridgehead atoms. The van der Waals surface area contributed by atoms with Gasteiger partial charge in [-0.15, -0.1) is 0 Å². The Labute approximate surface area is 110 Å². The van der Waals surface area contributed by atoms with Crippen molar-refractivity contribution in [2.24, 2.45) is 5.41 Å². The molecule has 0 atom stereocenters. The Kier molecular flexibility index (Phi) is 5.94. The van der Waals surface area contributed by atoms with Crippen LogP contribution in [0, 0.1) is 16.7 Å². The van der Waals surface area contributed by atoms with Gasteiger partial charge in [0.2, 0.25) is 0 Å². The summed E-state index contributed by atoms with van der Waals surface area (Å²) in [7, 11) is 0. The number of hydrogen-bond acceptors (Lipinski definition) is 3. The second-order valence-electron chi connectivity index (χ2n) is 5.40. The minimum Gasteiger partial charge on any atom is -0.468 e. The lowest BCUT2D eigenvalue weighted by molar-refractivity contribution is 0.246. The molecule has 0 aliphatic carbocycles. The van der Waals surface area contributed by atoms with Crippen molar-refractivity contribution in [3.05, 3.63) is 24.2 Å². The van der Waals surface area contributed by atoms with Crippen LogP contribution in [0.5, 0.6) is 0 Å². The zero-order chi connectivity index (χ0) is 13.4. The van der Waals surface area contributed by atoms with Gasteiger partial charge in [-0.1, -0.05) is 13.3 Å². The van der Waals surface area contributed by atoms with Gasteiger partial charge in [-0.25, -0.2) is 0 Å². The highest BCUT2D eigenvalue weighted by molar-refractivity contribution is 4.97. The van der Waals surface area contributed by atoms with Crippen molar-refractivity contribution in [2.75, 3.05) is 13.1 Å². The van der Waals surface area contributed by atoms with Crippen molar-refractivity contribution in [3.8, 4) is 6.07 Å². The second-order valence-corrected chi connectivity index (χ2v) is 5.40. The lowest BCUT2D eigenvalue weighted by atomic mass is 9.89. The Bertz CT molecular complexity index is 362. The maximum absolute atomic E-state index is 8.95. The first kappa shape index (κ1) is 14.8. The van der Waals surface area contributed by atoms with Crippen LogP contribution in [0.1, 0.15) is 45.8 Å². The van der Waals surface area contributed by atoms with Gasteiger partial charge >= 0.3 is 0 Å². The van der Waals surface area contributed by atoms with E-state index in [0.29, 0.717) is 0 Å². The number of rotatable bonds is 8. The van der Waals surface area contributed by atoms with E-state index < -0.39 is 0 Å². The van der Waals surface area contributed by atoms with Crippen LogP contribution in [0.2, 0.25) is 0 Å². The maximum Gasteiger partial charge on any atom is 0.117 e. The Morgan fingerprint density at radius 1 is 1.39 bits per heavy atom. The van der Waals surface area contributed by atoms with E-state index in [4.69, 9.17) is 9.68 Å². The molecule has 0 saturated heterocycles. The van der Waals surface area contributed by atoms with Crippen molar-refractivity contribution >= 4 is 0 Å². The molecule has 0 saturated carbocycles. The predicted octanol–water partition coefficient (Wildman–Crippen LogP) is 3.82. The number of furan rings is 1. The highest BCUT2D eigenvalue weighted by Crippen LogP contribution is 2.21. The van der Waals surface area contributed by atoms with Crippen LogP contribution < -0.4 is 0 Å². The van der Waals surface area contributed by atoms with Gasteiger partial charge < -0.3 is 4.42 Å². The molecule has 1 rings (SSSR count). The third-order valence-electron chi connectivity index (χ3n) is 3.24. The van der Waals surface area contributed by atoms with Crippen molar-refractivity contribution < 1.29 is 4.42 Å². The Balaban J connectivity index is 2.22. The highest BCUT2D eigenvalue weighted by atomic mass is 16.3. The molecular formula is C15H24N2O. The summed E-state index contributed by atoms with van der Waals surface area (Å²) in [5.41, 5.74) is -0.182. The minimum absolute atomic E-state index is 0.182. The predicted molar refractivity (Wildman–Crippen MR) is 72.9 cm³/mol. The summed E-state index contributed by atoms with van der Waals surface area (Å²) < 4.78 is 5.36. The van der Waals surface area contributed by atoms with Crippen molar-refractivity contribution in [3.63, 3.8) is 0 Å². The molecule has 100 valence electrons. The summed E-state index contributed by atoms with van der Waals surface area (Å²) in [6.07, 6.45) is 4.94. The summed E-state index contributed by atoms with van der Waals surface area (Å²) in [6.45, 7) is 9.16. The molecule has 0 radical (unpaired) electrons. The average Bonchev–Trinajstić information content (AvgIpc) is 2.86. The molecular weight excluding hydrogens is 224 g/mol. The van der Waals surface area contributed by atoms with Crippen molar-refractivity contribution in [2.45, 2.75) is 46.6 Å². The number of nitriles is 1. The molecule has 3 heteroatoms. The molecule has 1 aromatic rings.